The first kappa shape index (κ1) is 44.8. The summed E-state index contributed by atoms with van der Waals surface area (Å²) in [4.78, 5) is 11.6. The molecule has 2 atom stereocenters. The molecule has 1 saturated carbocycles. The third-order valence-electron chi connectivity index (χ3n) is 16.4. The van der Waals surface area contributed by atoms with Crippen molar-refractivity contribution >= 4 is 51.8 Å². The Balaban J connectivity index is 1.41. The molecule has 0 radical (unpaired) electrons. The summed E-state index contributed by atoms with van der Waals surface area (Å²) in [5, 5.41) is 0. The molecule has 1 aromatic heterocycles. The highest BCUT2D eigenvalue weighted by molar-refractivity contribution is 7.00. The number of hydrogen-bond donors (Lipinski definition) is 0. The Labute approximate surface area is 398 Å². The molecule has 5 heteroatoms. The van der Waals surface area contributed by atoms with Gasteiger partial charge in [-0.05, 0) is 128 Å². The molecule has 3 aliphatic heterocycles. The van der Waals surface area contributed by atoms with Crippen LogP contribution in [0.5, 0.6) is 0 Å². The molecule has 4 heterocycles. The van der Waals surface area contributed by atoms with Gasteiger partial charge in [0.2, 0.25) is 0 Å². The number of hydrogen-bond acceptors (Lipinski definition) is 3. The predicted octanol–water partition coefficient (Wildman–Crippen LogP) is 14.4. The summed E-state index contributed by atoms with van der Waals surface area (Å²) < 4.78 is 2.51. The van der Waals surface area contributed by atoms with Crippen LogP contribution in [0.25, 0.3) is 17.1 Å². The zero-order valence-corrected chi connectivity index (χ0v) is 43.4. The summed E-state index contributed by atoms with van der Waals surface area (Å²) in [6, 6.07) is 38.0. The quantitative estimate of drug-likeness (QED) is 0.165. The number of rotatable bonds is 3. The summed E-state index contributed by atoms with van der Waals surface area (Å²) >= 11 is 0. The Morgan fingerprint density at radius 3 is 1.68 bits per heavy atom. The molecule has 66 heavy (non-hydrogen) atoms. The van der Waals surface area contributed by atoms with Crippen LogP contribution in [0.1, 0.15) is 177 Å². The van der Waals surface area contributed by atoms with Crippen molar-refractivity contribution in [3.63, 3.8) is 0 Å². The van der Waals surface area contributed by atoms with Gasteiger partial charge in [0, 0.05) is 39.4 Å². The smallest absolute Gasteiger partial charge is 0.277 e. The van der Waals surface area contributed by atoms with Gasteiger partial charge in [0.05, 0.1) is 11.1 Å². The minimum Gasteiger partial charge on any atom is -0.335 e. The van der Waals surface area contributed by atoms with Gasteiger partial charge in [0.1, 0.15) is 11.6 Å². The molecule has 1 fully saturated rings. The number of imidazole rings is 1. The predicted molar refractivity (Wildman–Crippen MR) is 285 cm³/mol. The Morgan fingerprint density at radius 2 is 1.11 bits per heavy atom. The lowest BCUT2D eigenvalue weighted by atomic mass is 9.35. The monoisotopic (exact) mass is 875 g/mol. The van der Waals surface area contributed by atoms with Crippen LogP contribution in [0.3, 0.4) is 0 Å². The van der Waals surface area contributed by atoms with Gasteiger partial charge >= 0.3 is 0 Å². The Bertz CT molecular complexity index is 2890. The molecule has 4 aliphatic rings. The van der Waals surface area contributed by atoms with Crippen molar-refractivity contribution in [2.75, 3.05) is 9.80 Å². The molecule has 5 aromatic carbocycles. The zero-order chi connectivity index (χ0) is 47.5. The molecular weight excluding hydrogens is 800 g/mol. The molecule has 0 spiro atoms. The van der Waals surface area contributed by atoms with E-state index in [1.165, 1.54) is 80.8 Å². The van der Waals surface area contributed by atoms with E-state index in [-0.39, 0.29) is 44.7 Å². The Kier molecular flexibility index (Phi) is 9.67. The maximum atomic E-state index is 6.08. The van der Waals surface area contributed by atoms with Crippen molar-refractivity contribution in [3.05, 3.63) is 130 Å². The summed E-state index contributed by atoms with van der Waals surface area (Å²) in [5.41, 5.74) is 19.5. The summed E-state index contributed by atoms with van der Waals surface area (Å²) in [7, 11) is 0. The number of benzene rings is 5. The minimum atomic E-state index is -0.108. The summed E-state index contributed by atoms with van der Waals surface area (Å²) in [5.74, 6) is 2.11. The van der Waals surface area contributed by atoms with E-state index in [1.807, 2.05) is 0 Å². The number of nitrogens with zero attached hydrogens (tertiary/aromatic N) is 4. The molecule has 0 saturated heterocycles. The van der Waals surface area contributed by atoms with Gasteiger partial charge < -0.3 is 4.90 Å². The summed E-state index contributed by atoms with van der Waals surface area (Å²) in [6.45, 7) is 40.7. The topological polar surface area (TPSA) is 24.3 Å². The van der Waals surface area contributed by atoms with Crippen LogP contribution in [-0.4, -0.2) is 21.8 Å². The molecule has 0 amide bonds. The van der Waals surface area contributed by atoms with Gasteiger partial charge in [0.25, 0.3) is 6.71 Å². The standard InChI is InChI=1S/C61H75BN4/c1-55(2,3)39-27-25-38(26-28-39)53-63-52-54(65(53)43-23-19-18-20-24-43)64(44-34-40(56(4,5)6)33-41(35-44)57(7,8)9)47-36-42(58(10,11)12)37-48-50(47)62(52)46-30-29-45(59(13,14)15)49-51(46)66(48)61(17)32-22-21-31-60(49,61)16/h18-20,23-30,33-37H,21-22,31-32H2,1-17H3. The van der Waals surface area contributed by atoms with E-state index in [4.69, 9.17) is 4.98 Å². The lowest BCUT2D eigenvalue weighted by molar-refractivity contribution is 0.193. The van der Waals surface area contributed by atoms with Crippen LogP contribution >= 0.6 is 0 Å². The normalized spacial score (nSPS) is 20.3. The first-order valence-corrected chi connectivity index (χ1v) is 25.1. The second-order valence-corrected chi connectivity index (χ2v) is 26.2. The number of anilines is 5. The maximum Gasteiger partial charge on any atom is 0.277 e. The SMILES string of the molecule is CC(C)(C)c1ccc(-c2nc3c(n2-c2ccccc2)N(c2cc(C(C)(C)C)cc(C(C)(C)C)c2)c2cc(C(C)(C)C)cc4c2B3c2ccc(C(C)(C)C)c3c2N4C2(C)CCCCC32C)cc1. The van der Waals surface area contributed by atoms with Crippen LogP contribution in [0.2, 0.25) is 0 Å². The second-order valence-electron chi connectivity index (χ2n) is 26.2. The van der Waals surface area contributed by atoms with Gasteiger partial charge in [-0.15, -0.1) is 0 Å². The van der Waals surface area contributed by atoms with Crippen molar-refractivity contribution in [2.24, 2.45) is 0 Å². The molecule has 6 aromatic rings. The van der Waals surface area contributed by atoms with E-state index in [2.05, 4.69) is 229 Å². The minimum absolute atomic E-state index is 0.0148. The molecule has 0 N–H and O–H groups in total. The number of fused-ring (bicyclic) bond motifs is 7. The van der Waals surface area contributed by atoms with Gasteiger partial charge in [-0.2, -0.15) is 0 Å². The van der Waals surface area contributed by atoms with Crippen LogP contribution in [0, 0.1) is 0 Å². The van der Waals surface area contributed by atoms with Crippen LogP contribution in [0.15, 0.2) is 97.1 Å². The van der Waals surface area contributed by atoms with Crippen LogP contribution in [0.4, 0.5) is 28.6 Å². The molecule has 10 rings (SSSR count). The first-order valence-electron chi connectivity index (χ1n) is 25.1. The van der Waals surface area contributed by atoms with Gasteiger partial charge in [0.15, 0.2) is 0 Å². The highest BCUT2D eigenvalue weighted by atomic mass is 15.3. The van der Waals surface area contributed by atoms with Gasteiger partial charge in [-0.3, -0.25) is 9.47 Å². The lowest BCUT2D eigenvalue weighted by Crippen LogP contribution is -2.65. The van der Waals surface area contributed by atoms with Crippen molar-refractivity contribution < 1.29 is 0 Å². The molecule has 4 nitrogen and oxygen atoms in total. The van der Waals surface area contributed by atoms with Crippen molar-refractivity contribution in [3.8, 4) is 17.1 Å². The highest BCUT2D eigenvalue weighted by Gasteiger charge is 2.63. The van der Waals surface area contributed by atoms with E-state index >= 15 is 0 Å². The van der Waals surface area contributed by atoms with Gasteiger partial charge in [-0.25, -0.2) is 4.98 Å². The van der Waals surface area contributed by atoms with E-state index in [0.717, 1.165) is 34.9 Å². The molecule has 1 aliphatic carbocycles. The average molecular weight is 875 g/mol. The fourth-order valence-electron chi connectivity index (χ4n) is 12.3. The first-order chi connectivity index (χ1) is 30.6. The third kappa shape index (κ3) is 6.55. The molecule has 0 bridgehead atoms. The maximum absolute atomic E-state index is 6.08. The summed E-state index contributed by atoms with van der Waals surface area (Å²) in [6.07, 6.45) is 4.85. The largest absolute Gasteiger partial charge is 0.335 e. The van der Waals surface area contributed by atoms with E-state index < -0.39 is 0 Å². The van der Waals surface area contributed by atoms with E-state index in [9.17, 15) is 0 Å². The third-order valence-corrected chi connectivity index (χ3v) is 16.4. The highest BCUT2D eigenvalue weighted by Crippen LogP contribution is 2.64. The molecular formula is C61H75BN4. The number of para-hydroxylation sites is 1. The van der Waals surface area contributed by atoms with Crippen LogP contribution < -0.4 is 26.3 Å². The van der Waals surface area contributed by atoms with Crippen molar-refractivity contribution in [2.45, 2.75) is 181 Å². The fourth-order valence-corrected chi connectivity index (χ4v) is 12.3. The molecule has 342 valence electrons. The second kappa shape index (κ2) is 14.3. The molecule has 2 unspecified atom stereocenters. The lowest BCUT2D eigenvalue weighted by Gasteiger charge is -2.53. The average Bonchev–Trinajstić information content (AvgIpc) is 3.72. The van der Waals surface area contributed by atoms with Crippen LogP contribution in [-0.2, 0) is 32.5 Å². The number of aromatic nitrogens is 2. The zero-order valence-electron chi connectivity index (χ0n) is 43.4. The van der Waals surface area contributed by atoms with Crippen molar-refractivity contribution in [1.29, 1.82) is 0 Å². The Hall–Kier alpha value is -5.03. The van der Waals surface area contributed by atoms with E-state index in [1.54, 1.807) is 5.56 Å². The fraction of sp³-hybridized carbons (Fsp3) is 0.459. The van der Waals surface area contributed by atoms with Gasteiger partial charge in [-0.1, -0.05) is 184 Å². The van der Waals surface area contributed by atoms with E-state index in [0.29, 0.717) is 0 Å². The Morgan fingerprint density at radius 1 is 0.545 bits per heavy atom. The van der Waals surface area contributed by atoms with Crippen molar-refractivity contribution in [1.82, 2.24) is 9.55 Å².